The largest absolute Gasteiger partial charge is 0.478 e. The molecule has 0 fully saturated rings. The van der Waals surface area contributed by atoms with Gasteiger partial charge in [-0.25, -0.2) is 4.79 Å². The van der Waals surface area contributed by atoms with Crippen molar-refractivity contribution in [2.45, 2.75) is 46.1 Å². The predicted octanol–water partition coefficient (Wildman–Crippen LogP) is 4.95. The van der Waals surface area contributed by atoms with Crippen LogP contribution in [0.25, 0.3) is 6.08 Å². The van der Waals surface area contributed by atoms with Gasteiger partial charge in [0.05, 0.1) is 0 Å². The highest BCUT2D eigenvalue weighted by atomic mass is 79.9. The van der Waals surface area contributed by atoms with Crippen molar-refractivity contribution in [3.63, 3.8) is 0 Å². The lowest BCUT2D eigenvalue weighted by atomic mass is 10.1. The van der Waals surface area contributed by atoms with Crippen molar-refractivity contribution >= 4 is 33.7 Å². The molecule has 0 aliphatic heterocycles. The quantitative estimate of drug-likeness (QED) is 0.672. The number of hydrogen-bond acceptors (Lipinski definition) is 2. The van der Waals surface area contributed by atoms with E-state index in [0.717, 1.165) is 41.5 Å². The van der Waals surface area contributed by atoms with Gasteiger partial charge in [-0.2, -0.15) is 0 Å². The first-order chi connectivity index (χ1) is 9.99. The Balaban J connectivity index is 3.19. The van der Waals surface area contributed by atoms with Crippen molar-refractivity contribution in [2.75, 3.05) is 11.4 Å². The second-order valence-electron chi connectivity index (χ2n) is 5.18. The number of carboxylic acids is 1. The van der Waals surface area contributed by atoms with Gasteiger partial charge < -0.3 is 10.0 Å². The topological polar surface area (TPSA) is 40.5 Å². The fourth-order valence-electron chi connectivity index (χ4n) is 2.21. The van der Waals surface area contributed by atoms with Gasteiger partial charge in [-0.1, -0.05) is 36.2 Å². The van der Waals surface area contributed by atoms with E-state index in [-0.39, 0.29) is 0 Å². The summed E-state index contributed by atoms with van der Waals surface area (Å²) in [7, 11) is 0. The van der Waals surface area contributed by atoms with Gasteiger partial charge >= 0.3 is 5.97 Å². The Morgan fingerprint density at radius 2 is 2.14 bits per heavy atom. The van der Waals surface area contributed by atoms with E-state index in [2.05, 4.69) is 47.7 Å². The van der Waals surface area contributed by atoms with Gasteiger partial charge in [-0.3, -0.25) is 0 Å². The van der Waals surface area contributed by atoms with Gasteiger partial charge in [-0.05, 0) is 49.6 Å². The Kier molecular flexibility index (Phi) is 7.51. The Hall–Kier alpha value is -1.29. The Bertz CT molecular complexity index is 500. The van der Waals surface area contributed by atoms with Crippen LogP contribution in [0.4, 0.5) is 5.69 Å². The summed E-state index contributed by atoms with van der Waals surface area (Å²) >= 11 is 3.46. The van der Waals surface area contributed by atoms with Crippen molar-refractivity contribution in [1.29, 1.82) is 0 Å². The van der Waals surface area contributed by atoms with Crippen LogP contribution in [0.2, 0.25) is 0 Å². The van der Waals surface area contributed by atoms with Gasteiger partial charge in [0.25, 0.3) is 0 Å². The smallest absolute Gasteiger partial charge is 0.328 e. The molecule has 1 aromatic carbocycles. The highest BCUT2D eigenvalue weighted by Gasteiger charge is 2.15. The number of nitrogens with zero attached hydrogens (tertiary/aromatic N) is 1. The second kappa shape index (κ2) is 8.88. The standard InChI is InChI=1S/C17H24BrNO2/c1-4-6-11-19(13(3)5-2)16-9-8-15(18)12-14(16)7-10-17(20)21/h7-10,12-13H,4-6,11H2,1-3H3,(H,20,21)/b10-7+. The van der Waals surface area contributed by atoms with Gasteiger partial charge in [0.1, 0.15) is 0 Å². The van der Waals surface area contributed by atoms with E-state index in [1.807, 2.05) is 12.1 Å². The van der Waals surface area contributed by atoms with Crippen molar-refractivity contribution in [3.05, 3.63) is 34.3 Å². The maximum atomic E-state index is 10.8. The molecule has 0 heterocycles. The summed E-state index contributed by atoms with van der Waals surface area (Å²) in [6, 6.07) is 6.47. The van der Waals surface area contributed by atoms with Gasteiger partial charge in [0.2, 0.25) is 0 Å². The predicted molar refractivity (Wildman–Crippen MR) is 92.8 cm³/mol. The number of anilines is 1. The third kappa shape index (κ3) is 5.54. The molecule has 1 rings (SSSR count). The molecule has 0 amide bonds. The average Bonchev–Trinajstić information content (AvgIpc) is 2.46. The second-order valence-corrected chi connectivity index (χ2v) is 6.09. The summed E-state index contributed by atoms with van der Waals surface area (Å²) in [5.74, 6) is -0.926. The number of halogens is 1. The molecule has 0 radical (unpaired) electrons. The first-order valence-electron chi connectivity index (χ1n) is 7.46. The first kappa shape index (κ1) is 17.8. The molecule has 0 spiro atoms. The van der Waals surface area contributed by atoms with E-state index in [4.69, 9.17) is 5.11 Å². The molecule has 1 N–H and O–H groups in total. The number of carboxylic acid groups (broad SMARTS) is 1. The van der Waals surface area contributed by atoms with Gasteiger partial charge in [0, 0.05) is 28.8 Å². The summed E-state index contributed by atoms with van der Waals surface area (Å²) < 4.78 is 0.955. The number of rotatable bonds is 8. The van der Waals surface area contributed by atoms with E-state index in [0.29, 0.717) is 6.04 Å². The zero-order valence-electron chi connectivity index (χ0n) is 13.0. The minimum absolute atomic E-state index is 0.426. The van der Waals surface area contributed by atoms with Crippen LogP contribution in [0.5, 0.6) is 0 Å². The number of benzene rings is 1. The number of aliphatic carboxylic acids is 1. The van der Waals surface area contributed by atoms with E-state index in [1.54, 1.807) is 6.08 Å². The highest BCUT2D eigenvalue weighted by molar-refractivity contribution is 9.10. The lowest BCUT2D eigenvalue weighted by molar-refractivity contribution is -0.131. The number of carbonyl (C=O) groups is 1. The summed E-state index contributed by atoms with van der Waals surface area (Å²) in [6.07, 6.45) is 6.19. The molecule has 0 aromatic heterocycles. The summed E-state index contributed by atoms with van der Waals surface area (Å²) in [5.41, 5.74) is 2.03. The SMILES string of the molecule is CCCCN(c1ccc(Br)cc1/C=C/C(=O)O)C(C)CC. The van der Waals surface area contributed by atoms with E-state index >= 15 is 0 Å². The molecule has 1 aromatic rings. The molecule has 1 atom stereocenters. The molecule has 0 saturated heterocycles. The van der Waals surface area contributed by atoms with Crippen molar-refractivity contribution in [2.24, 2.45) is 0 Å². The summed E-state index contributed by atoms with van der Waals surface area (Å²) in [6.45, 7) is 7.56. The van der Waals surface area contributed by atoms with E-state index < -0.39 is 5.97 Å². The molecule has 3 nitrogen and oxygen atoms in total. The van der Waals surface area contributed by atoms with Crippen LogP contribution in [-0.4, -0.2) is 23.7 Å². The highest BCUT2D eigenvalue weighted by Crippen LogP contribution is 2.28. The lowest BCUT2D eigenvalue weighted by Gasteiger charge is -2.32. The van der Waals surface area contributed by atoms with Crippen LogP contribution in [0, 0.1) is 0 Å². The molecule has 21 heavy (non-hydrogen) atoms. The summed E-state index contributed by atoms with van der Waals surface area (Å²) in [5, 5.41) is 8.86. The van der Waals surface area contributed by atoms with Crippen LogP contribution in [0.1, 0.15) is 45.6 Å². The van der Waals surface area contributed by atoms with Crippen LogP contribution in [0.3, 0.4) is 0 Å². The Morgan fingerprint density at radius 1 is 1.43 bits per heavy atom. The van der Waals surface area contributed by atoms with Crippen LogP contribution < -0.4 is 4.90 Å². The normalized spacial score (nSPS) is 12.6. The van der Waals surface area contributed by atoms with Crippen molar-refractivity contribution in [3.8, 4) is 0 Å². The molecular weight excluding hydrogens is 330 g/mol. The molecule has 116 valence electrons. The van der Waals surface area contributed by atoms with Crippen LogP contribution in [0.15, 0.2) is 28.7 Å². The minimum Gasteiger partial charge on any atom is -0.478 e. The Labute approximate surface area is 135 Å². The average molecular weight is 354 g/mol. The molecule has 1 unspecified atom stereocenters. The van der Waals surface area contributed by atoms with Crippen LogP contribution in [-0.2, 0) is 4.79 Å². The van der Waals surface area contributed by atoms with Crippen molar-refractivity contribution < 1.29 is 9.90 Å². The van der Waals surface area contributed by atoms with Gasteiger partial charge in [-0.15, -0.1) is 0 Å². The monoisotopic (exact) mass is 353 g/mol. The minimum atomic E-state index is -0.926. The van der Waals surface area contributed by atoms with Crippen molar-refractivity contribution in [1.82, 2.24) is 0 Å². The molecule has 0 bridgehead atoms. The summed E-state index contributed by atoms with van der Waals surface area (Å²) in [4.78, 5) is 13.2. The van der Waals surface area contributed by atoms with Crippen LogP contribution >= 0.6 is 15.9 Å². The van der Waals surface area contributed by atoms with E-state index in [9.17, 15) is 4.79 Å². The zero-order chi connectivity index (χ0) is 15.8. The van der Waals surface area contributed by atoms with Gasteiger partial charge in [0.15, 0.2) is 0 Å². The number of unbranched alkanes of at least 4 members (excludes halogenated alkanes) is 1. The maximum absolute atomic E-state index is 10.8. The molecule has 4 heteroatoms. The molecule has 0 aliphatic carbocycles. The lowest BCUT2D eigenvalue weighted by Crippen LogP contribution is -2.34. The van der Waals surface area contributed by atoms with E-state index in [1.165, 1.54) is 6.08 Å². The molecule has 0 aliphatic rings. The fourth-order valence-corrected chi connectivity index (χ4v) is 2.59. The fraction of sp³-hybridized carbons (Fsp3) is 0.471. The molecular formula is C17H24BrNO2. The Morgan fingerprint density at radius 3 is 2.71 bits per heavy atom. The first-order valence-corrected chi connectivity index (χ1v) is 8.26. The zero-order valence-corrected chi connectivity index (χ0v) is 14.6. The third-order valence-corrected chi connectivity index (χ3v) is 4.07. The molecule has 0 saturated carbocycles. The maximum Gasteiger partial charge on any atom is 0.328 e. The number of hydrogen-bond donors (Lipinski definition) is 1. The third-order valence-electron chi connectivity index (χ3n) is 3.58.